The summed E-state index contributed by atoms with van der Waals surface area (Å²) in [4.78, 5) is 2.11. The van der Waals surface area contributed by atoms with E-state index in [2.05, 4.69) is 34.2 Å². The van der Waals surface area contributed by atoms with Crippen molar-refractivity contribution in [2.45, 2.75) is 6.92 Å². The van der Waals surface area contributed by atoms with Crippen LogP contribution in [-0.4, -0.2) is 24.3 Å². The zero-order valence-electron chi connectivity index (χ0n) is 7.18. The van der Waals surface area contributed by atoms with Gasteiger partial charge in [-0.15, -0.1) is 0 Å². The molecule has 0 amide bonds. The van der Waals surface area contributed by atoms with Gasteiger partial charge in [0.25, 0.3) is 0 Å². The zero-order chi connectivity index (χ0) is 8.43. The lowest BCUT2D eigenvalue weighted by atomic mass is 10.2. The number of para-hydroxylation sites is 1. The Morgan fingerprint density at radius 1 is 1.27 bits per heavy atom. The van der Waals surface area contributed by atoms with Gasteiger partial charge in [0.2, 0.25) is 0 Å². The van der Waals surface area contributed by atoms with Crippen molar-refractivity contribution >= 4 is 21.1 Å². The van der Waals surface area contributed by atoms with Crippen LogP contribution in [0.1, 0.15) is 5.56 Å². The van der Waals surface area contributed by atoms with Crippen molar-refractivity contribution in [1.29, 1.82) is 0 Å². The quantitative estimate of drug-likeness (QED) is 0.554. The molecule has 0 N–H and O–H groups in total. The van der Waals surface area contributed by atoms with Gasteiger partial charge in [-0.1, -0.05) is 18.2 Å². The largest absolute Gasteiger partial charge is 0.378 e. The standard InChI is InChI=1S/C9H12NSi/c1-7-5-4-6-8(11)9(7)10(2)3/h4-6H,1-3H3. The van der Waals surface area contributed by atoms with Gasteiger partial charge < -0.3 is 4.90 Å². The summed E-state index contributed by atoms with van der Waals surface area (Å²) in [6, 6.07) is 6.21. The van der Waals surface area contributed by atoms with Crippen LogP contribution in [0.4, 0.5) is 5.69 Å². The van der Waals surface area contributed by atoms with Gasteiger partial charge in [-0.3, -0.25) is 0 Å². The highest BCUT2D eigenvalue weighted by molar-refractivity contribution is 6.36. The molecule has 1 rings (SSSR count). The van der Waals surface area contributed by atoms with E-state index in [0.717, 1.165) is 5.19 Å². The number of hydrogen-bond donors (Lipinski definition) is 0. The highest BCUT2D eigenvalue weighted by Crippen LogP contribution is 2.12. The Labute approximate surface area is 71.5 Å². The van der Waals surface area contributed by atoms with Crippen molar-refractivity contribution in [2.24, 2.45) is 0 Å². The van der Waals surface area contributed by atoms with Crippen LogP contribution in [0, 0.1) is 6.92 Å². The number of rotatable bonds is 1. The molecule has 2 heteroatoms. The molecule has 1 nitrogen and oxygen atoms in total. The van der Waals surface area contributed by atoms with Crippen molar-refractivity contribution < 1.29 is 0 Å². The number of benzene rings is 1. The van der Waals surface area contributed by atoms with Gasteiger partial charge in [0.05, 0.1) is 10.2 Å². The summed E-state index contributed by atoms with van der Waals surface area (Å²) in [6.07, 6.45) is 0. The number of anilines is 1. The van der Waals surface area contributed by atoms with E-state index >= 15 is 0 Å². The van der Waals surface area contributed by atoms with Crippen molar-refractivity contribution in [3.63, 3.8) is 0 Å². The predicted molar refractivity (Wildman–Crippen MR) is 50.9 cm³/mol. The third-order valence-electron chi connectivity index (χ3n) is 1.68. The fourth-order valence-corrected chi connectivity index (χ4v) is 1.77. The third kappa shape index (κ3) is 1.63. The molecule has 0 bridgehead atoms. The van der Waals surface area contributed by atoms with E-state index in [1.807, 2.05) is 20.2 Å². The fraction of sp³-hybridized carbons (Fsp3) is 0.333. The lowest BCUT2D eigenvalue weighted by molar-refractivity contribution is 1.12. The molecule has 11 heavy (non-hydrogen) atoms. The maximum absolute atomic E-state index is 3.56. The molecule has 0 unspecified atom stereocenters. The maximum atomic E-state index is 3.56. The molecule has 1 aromatic carbocycles. The minimum atomic E-state index is 1.15. The fourth-order valence-electron chi connectivity index (χ4n) is 1.25. The molecule has 0 aliphatic rings. The Hall–Kier alpha value is -0.763. The Balaban J connectivity index is 3.21. The van der Waals surface area contributed by atoms with E-state index in [4.69, 9.17) is 0 Å². The molecule has 1 aromatic rings. The van der Waals surface area contributed by atoms with E-state index in [1.165, 1.54) is 11.3 Å². The first-order chi connectivity index (χ1) is 5.13. The van der Waals surface area contributed by atoms with Gasteiger partial charge >= 0.3 is 0 Å². The second-order valence-electron chi connectivity index (χ2n) is 2.87. The molecule has 0 saturated carbocycles. The molecule has 0 spiro atoms. The van der Waals surface area contributed by atoms with Crippen molar-refractivity contribution in [1.82, 2.24) is 0 Å². The van der Waals surface area contributed by atoms with Gasteiger partial charge in [0, 0.05) is 19.8 Å². The second kappa shape index (κ2) is 3.09. The number of nitrogens with zero attached hydrogens (tertiary/aromatic N) is 1. The molecule has 3 radical (unpaired) electrons. The molecule has 0 aliphatic heterocycles. The summed E-state index contributed by atoms with van der Waals surface area (Å²) >= 11 is 0. The Morgan fingerprint density at radius 3 is 2.27 bits per heavy atom. The molecule has 0 fully saturated rings. The van der Waals surface area contributed by atoms with E-state index in [1.54, 1.807) is 0 Å². The first-order valence-electron chi connectivity index (χ1n) is 3.61. The minimum Gasteiger partial charge on any atom is -0.378 e. The predicted octanol–water partition coefficient (Wildman–Crippen LogP) is 0.855. The van der Waals surface area contributed by atoms with Gasteiger partial charge in [0.1, 0.15) is 0 Å². The van der Waals surface area contributed by atoms with E-state index in [0.29, 0.717) is 0 Å². The average molecular weight is 162 g/mol. The Morgan fingerprint density at radius 2 is 1.91 bits per heavy atom. The van der Waals surface area contributed by atoms with Crippen LogP contribution >= 0.6 is 0 Å². The van der Waals surface area contributed by atoms with E-state index in [9.17, 15) is 0 Å². The Kier molecular flexibility index (Phi) is 2.34. The summed E-state index contributed by atoms with van der Waals surface area (Å²) in [5, 5.41) is 1.15. The second-order valence-corrected chi connectivity index (χ2v) is 3.40. The summed E-state index contributed by atoms with van der Waals surface area (Å²) in [5.74, 6) is 0. The molecule has 57 valence electrons. The van der Waals surface area contributed by atoms with Crippen LogP contribution < -0.4 is 10.1 Å². The van der Waals surface area contributed by atoms with Crippen LogP contribution in [0.5, 0.6) is 0 Å². The van der Waals surface area contributed by atoms with Crippen molar-refractivity contribution in [3.05, 3.63) is 23.8 Å². The highest BCUT2D eigenvalue weighted by Gasteiger charge is 2.01. The SMILES string of the molecule is Cc1cccc([Si])c1N(C)C. The summed E-state index contributed by atoms with van der Waals surface area (Å²) in [7, 11) is 7.65. The lowest BCUT2D eigenvalue weighted by Gasteiger charge is -2.17. The van der Waals surface area contributed by atoms with Crippen LogP contribution in [-0.2, 0) is 0 Å². The molecular weight excluding hydrogens is 150 g/mol. The Bertz CT molecular complexity index is 235. The van der Waals surface area contributed by atoms with Gasteiger partial charge in [-0.25, -0.2) is 0 Å². The van der Waals surface area contributed by atoms with Gasteiger partial charge in [0.15, 0.2) is 0 Å². The topological polar surface area (TPSA) is 3.24 Å². The van der Waals surface area contributed by atoms with Gasteiger partial charge in [-0.2, -0.15) is 0 Å². The average Bonchev–Trinajstić information content (AvgIpc) is 1.85. The maximum Gasteiger partial charge on any atom is 0.0741 e. The normalized spacial score (nSPS) is 9.82. The third-order valence-corrected chi connectivity index (χ3v) is 2.09. The van der Waals surface area contributed by atoms with Crippen LogP contribution in [0.25, 0.3) is 0 Å². The smallest absolute Gasteiger partial charge is 0.0741 e. The molecule has 0 atom stereocenters. The monoisotopic (exact) mass is 162 g/mol. The molecule has 0 heterocycles. The molecular formula is C9H12NSi. The first-order valence-corrected chi connectivity index (χ1v) is 4.11. The molecule has 0 aliphatic carbocycles. The summed E-state index contributed by atoms with van der Waals surface area (Å²) in [5.41, 5.74) is 2.55. The van der Waals surface area contributed by atoms with E-state index < -0.39 is 0 Å². The molecule has 0 aromatic heterocycles. The minimum absolute atomic E-state index is 1.15. The first kappa shape index (κ1) is 8.33. The van der Waals surface area contributed by atoms with Crippen molar-refractivity contribution in [3.8, 4) is 0 Å². The number of hydrogen-bond acceptors (Lipinski definition) is 1. The van der Waals surface area contributed by atoms with Crippen LogP contribution in [0.3, 0.4) is 0 Å². The molecule has 0 saturated heterocycles. The van der Waals surface area contributed by atoms with E-state index in [-0.39, 0.29) is 0 Å². The summed E-state index contributed by atoms with van der Waals surface area (Å²) < 4.78 is 0. The van der Waals surface area contributed by atoms with Crippen molar-refractivity contribution in [2.75, 3.05) is 19.0 Å². The highest BCUT2D eigenvalue weighted by atomic mass is 28.1. The number of aryl methyl sites for hydroxylation is 1. The zero-order valence-corrected chi connectivity index (χ0v) is 8.18. The van der Waals surface area contributed by atoms with Crippen LogP contribution in [0.2, 0.25) is 0 Å². The lowest BCUT2D eigenvalue weighted by Crippen LogP contribution is -2.20. The van der Waals surface area contributed by atoms with Gasteiger partial charge in [-0.05, 0) is 17.7 Å². The summed E-state index contributed by atoms with van der Waals surface area (Å²) in [6.45, 7) is 2.11. The van der Waals surface area contributed by atoms with Crippen LogP contribution in [0.15, 0.2) is 18.2 Å².